The fraction of sp³-hybridized carbons (Fsp3) is 0.850. The van der Waals surface area contributed by atoms with E-state index in [-0.39, 0.29) is 115 Å². The fourth-order valence-electron chi connectivity index (χ4n) is 9.28. The number of hydrogen-bond acceptors (Lipinski definition) is 15. The molecule has 0 aromatic heterocycles. The zero-order valence-corrected chi connectivity index (χ0v) is 48.1. The molecule has 1 amide bonds. The zero-order chi connectivity index (χ0) is 55.4. The maximum Gasteiger partial charge on any atom is 0.410 e. The van der Waals surface area contributed by atoms with Crippen LogP contribution in [0.4, 0.5) is 4.79 Å². The molecule has 76 heavy (non-hydrogen) atoms. The van der Waals surface area contributed by atoms with E-state index >= 15 is 0 Å². The number of likely N-dealkylation sites (N-methyl/N-ethyl adjacent to an activating group) is 1. The second kappa shape index (κ2) is 44.7. The Morgan fingerprint density at radius 3 is 0.987 bits per heavy atom. The molecule has 1 fully saturated rings. The van der Waals surface area contributed by atoms with Gasteiger partial charge in [-0.3, -0.25) is 38.6 Å². The van der Waals surface area contributed by atoms with E-state index in [9.17, 15) is 33.6 Å². The summed E-state index contributed by atoms with van der Waals surface area (Å²) in [7, 11) is 1.96. The van der Waals surface area contributed by atoms with Crippen LogP contribution in [-0.4, -0.2) is 130 Å². The lowest BCUT2D eigenvalue weighted by atomic mass is 10.1. The van der Waals surface area contributed by atoms with Gasteiger partial charge in [-0.05, 0) is 58.5 Å². The number of ether oxygens (including phenoxy) is 7. The Balaban J connectivity index is 2.15. The van der Waals surface area contributed by atoms with Gasteiger partial charge < -0.3 is 33.2 Å². The second-order valence-electron chi connectivity index (χ2n) is 21.5. The number of hydrogen-bond donors (Lipinski definition) is 0. The SMILES string of the molecule is CCCCCCCCC(=O)OCC(COC(=O)CCCCCCCC)CC(=O)OC[C@H]1CC=CC[C@@H](COC(=O)CC(COC(=O)CCCCCCCC)COC(=O)CCCCCCCC)N1C(=O)OCC1CCN1C. The molecule has 2 heterocycles. The largest absolute Gasteiger partial charge is 0.465 e. The van der Waals surface area contributed by atoms with Crippen LogP contribution in [-0.2, 0) is 61.9 Å². The summed E-state index contributed by atoms with van der Waals surface area (Å²) in [5, 5.41) is 0. The Morgan fingerprint density at radius 1 is 0.395 bits per heavy atom. The predicted molar refractivity (Wildman–Crippen MR) is 294 cm³/mol. The average Bonchev–Trinajstić information content (AvgIpc) is 3.62. The maximum absolute atomic E-state index is 14.1. The first kappa shape index (κ1) is 67.9. The van der Waals surface area contributed by atoms with Crippen molar-refractivity contribution in [1.82, 2.24) is 9.80 Å². The fourth-order valence-corrected chi connectivity index (χ4v) is 9.28. The third-order valence-electron chi connectivity index (χ3n) is 14.5. The average molecular weight is 1080 g/mol. The van der Waals surface area contributed by atoms with E-state index in [1.165, 1.54) is 4.90 Å². The molecular weight excluding hydrogens is 973 g/mol. The Morgan fingerprint density at radius 2 is 0.697 bits per heavy atom. The smallest absolute Gasteiger partial charge is 0.410 e. The molecule has 16 heteroatoms. The second-order valence-corrected chi connectivity index (χ2v) is 21.5. The van der Waals surface area contributed by atoms with E-state index < -0.39 is 42.0 Å². The van der Waals surface area contributed by atoms with Gasteiger partial charge in [-0.15, -0.1) is 0 Å². The molecule has 3 atom stereocenters. The monoisotopic (exact) mass is 1080 g/mol. The first-order valence-electron chi connectivity index (χ1n) is 30.1. The third-order valence-corrected chi connectivity index (χ3v) is 14.5. The quantitative estimate of drug-likeness (QED) is 0.0242. The number of nitrogens with zero attached hydrogens (tertiary/aromatic N) is 2. The molecule has 1 unspecified atom stereocenters. The van der Waals surface area contributed by atoms with Gasteiger partial charge in [-0.25, -0.2) is 4.79 Å². The molecule has 0 aromatic carbocycles. The van der Waals surface area contributed by atoms with Gasteiger partial charge >= 0.3 is 41.9 Å². The predicted octanol–water partition coefficient (Wildman–Crippen LogP) is 12.5. The van der Waals surface area contributed by atoms with Crippen molar-refractivity contribution in [2.24, 2.45) is 11.8 Å². The van der Waals surface area contributed by atoms with Crippen molar-refractivity contribution < 1.29 is 66.7 Å². The Hall–Kier alpha value is -4.21. The van der Waals surface area contributed by atoms with Crippen LogP contribution in [0.15, 0.2) is 12.2 Å². The highest BCUT2D eigenvalue weighted by molar-refractivity contribution is 5.73. The number of esters is 6. The molecule has 0 saturated carbocycles. The number of carbonyl (C=O) groups is 7. The number of carbonyl (C=O) groups excluding carboxylic acids is 7. The highest BCUT2D eigenvalue weighted by Crippen LogP contribution is 2.24. The van der Waals surface area contributed by atoms with Gasteiger partial charge in [0.1, 0.15) is 19.8 Å². The summed E-state index contributed by atoms with van der Waals surface area (Å²) in [6.45, 7) is 8.79. The number of amides is 1. The Bertz CT molecular complexity index is 1460. The van der Waals surface area contributed by atoms with Gasteiger partial charge in [-0.1, -0.05) is 168 Å². The van der Waals surface area contributed by atoms with Gasteiger partial charge in [0, 0.05) is 43.6 Å². The van der Waals surface area contributed by atoms with Crippen LogP contribution in [0.3, 0.4) is 0 Å². The molecule has 0 radical (unpaired) electrons. The minimum Gasteiger partial charge on any atom is -0.465 e. The lowest BCUT2D eigenvalue weighted by Gasteiger charge is -2.39. The minimum absolute atomic E-state index is 0.0649. The summed E-state index contributed by atoms with van der Waals surface area (Å²) in [6.07, 6.45) is 29.8. The van der Waals surface area contributed by atoms with Gasteiger partial charge in [0.15, 0.2) is 0 Å². The van der Waals surface area contributed by atoms with Crippen LogP contribution in [0.5, 0.6) is 0 Å². The molecule has 1 saturated heterocycles. The van der Waals surface area contributed by atoms with E-state index in [1.54, 1.807) is 0 Å². The zero-order valence-electron chi connectivity index (χ0n) is 48.1. The minimum atomic E-state index is -0.688. The van der Waals surface area contributed by atoms with Crippen LogP contribution in [0, 0.1) is 11.8 Å². The van der Waals surface area contributed by atoms with E-state index in [0.29, 0.717) is 38.5 Å². The summed E-state index contributed by atoms with van der Waals surface area (Å²) in [5.74, 6) is -4.00. The molecule has 0 bridgehead atoms. The van der Waals surface area contributed by atoms with Crippen LogP contribution in [0.1, 0.15) is 240 Å². The number of unbranched alkanes of at least 4 members (excludes halogenated alkanes) is 20. The maximum atomic E-state index is 14.1. The first-order chi connectivity index (χ1) is 36.9. The normalized spacial score (nSPS) is 16.5. The highest BCUT2D eigenvalue weighted by Gasteiger charge is 2.36. The highest BCUT2D eigenvalue weighted by atomic mass is 16.6. The van der Waals surface area contributed by atoms with E-state index in [4.69, 9.17) is 33.2 Å². The molecule has 2 aliphatic rings. The molecular formula is C60H104N2O14. The first-order valence-corrected chi connectivity index (χ1v) is 30.1. The summed E-state index contributed by atoms with van der Waals surface area (Å²) >= 11 is 0. The Kier molecular flexibility index (Phi) is 40.0. The van der Waals surface area contributed by atoms with Crippen molar-refractivity contribution in [3.63, 3.8) is 0 Å². The lowest BCUT2D eigenvalue weighted by molar-refractivity contribution is -0.156. The molecule has 0 aromatic rings. The molecule has 0 spiro atoms. The van der Waals surface area contributed by atoms with Crippen LogP contribution >= 0.6 is 0 Å². The molecule has 16 nitrogen and oxygen atoms in total. The van der Waals surface area contributed by atoms with Gasteiger partial charge in [-0.2, -0.15) is 0 Å². The summed E-state index contributed by atoms with van der Waals surface area (Å²) in [5.41, 5.74) is 0. The summed E-state index contributed by atoms with van der Waals surface area (Å²) < 4.78 is 40.1. The van der Waals surface area contributed by atoms with Gasteiger partial charge in [0.05, 0.1) is 51.4 Å². The van der Waals surface area contributed by atoms with Crippen molar-refractivity contribution in [3.8, 4) is 0 Å². The van der Waals surface area contributed by atoms with Gasteiger partial charge in [0.25, 0.3) is 0 Å². The molecule has 0 aliphatic carbocycles. The molecule has 2 aliphatic heterocycles. The van der Waals surface area contributed by atoms with Crippen molar-refractivity contribution in [3.05, 3.63) is 12.2 Å². The van der Waals surface area contributed by atoms with Crippen LogP contribution in [0.2, 0.25) is 0 Å². The third kappa shape index (κ3) is 33.8. The molecule has 0 N–H and O–H groups in total. The summed E-state index contributed by atoms with van der Waals surface area (Å²) in [4.78, 5) is 96.0. The van der Waals surface area contributed by atoms with Crippen LogP contribution < -0.4 is 0 Å². The Labute approximate surface area is 458 Å². The lowest BCUT2D eigenvalue weighted by Crippen LogP contribution is -2.53. The van der Waals surface area contributed by atoms with Crippen molar-refractivity contribution in [1.29, 1.82) is 0 Å². The topological polar surface area (TPSA) is 191 Å². The molecule has 438 valence electrons. The number of likely N-dealkylation sites (tertiary alicyclic amines) is 1. The summed E-state index contributed by atoms with van der Waals surface area (Å²) in [6, 6.07) is -1.31. The van der Waals surface area contributed by atoms with Gasteiger partial charge in [0.2, 0.25) is 0 Å². The number of rotatable bonds is 46. The molecule has 2 rings (SSSR count). The van der Waals surface area contributed by atoms with Crippen molar-refractivity contribution in [2.45, 2.75) is 258 Å². The van der Waals surface area contributed by atoms with Crippen molar-refractivity contribution in [2.75, 3.05) is 59.8 Å². The van der Waals surface area contributed by atoms with Crippen molar-refractivity contribution >= 4 is 41.9 Å². The standard InChI is InChI=1S/C60H104N2O14/c1-6-10-14-18-22-26-34-54(63)70-42-49(43-71-55(64)35-27-23-19-15-11-7-2)40-58(67)74-47-52-32-30-31-33-53(62(52)60(69)76-46-51-38-39-61(51)5)48-75-59(68)41-50(44-72-56(65)36-28-24-20-16-12-8-3)45-73-57(66)37-29-25-21-17-13-9-4/h30-31,49-53H,6-29,32-48H2,1-5H3/t51?,52-,53+. The van der Waals surface area contributed by atoms with E-state index in [0.717, 1.165) is 141 Å². The van der Waals surface area contributed by atoms with Crippen LogP contribution in [0.25, 0.3) is 0 Å². The van der Waals surface area contributed by atoms with E-state index in [2.05, 4.69) is 32.6 Å². The van der Waals surface area contributed by atoms with E-state index in [1.807, 2.05) is 19.2 Å².